The molecule has 2 aromatic rings. The predicted octanol–water partition coefficient (Wildman–Crippen LogP) is 2.51. The largest absolute Gasteiger partial charge is 0.338 e. The highest BCUT2D eigenvalue weighted by atomic mass is 32.1. The van der Waals surface area contributed by atoms with Gasteiger partial charge in [-0.25, -0.2) is 14.8 Å². The van der Waals surface area contributed by atoms with Crippen LogP contribution in [0.2, 0.25) is 0 Å². The number of aryl methyl sites for hydroxylation is 2. The average Bonchev–Trinajstić information content (AvgIpc) is 3.05. The van der Waals surface area contributed by atoms with Crippen LogP contribution in [-0.4, -0.2) is 22.5 Å². The number of thiazole rings is 2. The van der Waals surface area contributed by atoms with Crippen molar-refractivity contribution in [2.24, 2.45) is 0 Å². The van der Waals surface area contributed by atoms with E-state index in [1.165, 1.54) is 0 Å². The standard InChI is InChI=1S/C13H18N4OS2/c1-3-11-17-10(8-20-11)4-5-14-13(18)15-6-12-16-9(2)7-19-12/h7-8H,3-6H2,1-2H3,(H2,14,15,18). The molecule has 0 saturated heterocycles. The van der Waals surface area contributed by atoms with Crippen LogP contribution in [0.3, 0.4) is 0 Å². The molecule has 0 aromatic carbocycles. The molecule has 2 aromatic heterocycles. The quantitative estimate of drug-likeness (QED) is 0.861. The number of hydrogen-bond acceptors (Lipinski definition) is 5. The highest BCUT2D eigenvalue weighted by Crippen LogP contribution is 2.10. The van der Waals surface area contributed by atoms with Gasteiger partial charge in [-0.15, -0.1) is 22.7 Å². The summed E-state index contributed by atoms with van der Waals surface area (Å²) in [6.45, 7) is 5.10. The van der Waals surface area contributed by atoms with Gasteiger partial charge < -0.3 is 10.6 Å². The first-order chi connectivity index (χ1) is 9.67. The Morgan fingerprint density at radius 2 is 2.00 bits per heavy atom. The SMILES string of the molecule is CCc1nc(CCNC(=O)NCc2nc(C)cs2)cs1. The van der Waals surface area contributed by atoms with Crippen LogP contribution in [0.15, 0.2) is 10.8 Å². The molecule has 2 N–H and O–H groups in total. The van der Waals surface area contributed by atoms with Crippen molar-refractivity contribution in [3.8, 4) is 0 Å². The number of hydrogen-bond donors (Lipinski definition) is 2. The topological polar surface area (TPSA) is 66.9 Å². The molecule has 5 nitrogen and oxygen atoms in total. The van der Waals surface area contributed by atoms with Gasteiger partial charge >= 0.3 is 6.03 Å². The van der Waals surface area contributed by atoms with E-state index >= 15 is 0 Å². The van der Waals surface area contributed by atoms with Gasteiger partial charge in [-0.1, -0.05) is 6.92 Å². The maximum absolute atomic E-state index is 11.6. The molecule has 108 valence electrons. The van der Waals surface area contributed by atoms with Crippen molar-refractivity contribution in [3.05, 3.63) is 32.2 Å². The van der Waals surface area contributed by atoms with Crippen LogP contribution >= 0.6 is 22.7 Å². The van der Waals surface area contributed by atoms with Gasteiger partial charge in [0.2, 0.25) is 0 Å². The van der Waals surface area contributed by atoms with Crippen molar-refractivity contribution in [1.82, 2.24) is 20.6 Å². The van der Waals surface area contributed by atoms with Crippen LogP contribution in [0.1, 0.15) is 28.3 Å². The normalized spacial score (nSPS) is 10.5. The lowest BCUT2D eigenvalue weighted by Gasteiger charge is -2.05. The third-order valence-electron chi connectivity index (χ3n) is 2.64. The van der Waals surface area contributed by atoms with Crippen LogP contribution in [0.4, 0.5) is 4.79 Å². The lowest BCUT2D eigenvalue weighted by molar-refractivity contribution is 0.240. The van der Waals surface area contributed by atoms with Crippen LogP contribution < -0.4 is 10.6 Å². The number of aromatic nitrogens is 2. The average molecular weight is 310 g/mol. The monoisotopic (exact) mass is 310 g/mol. The number of nitrogens with zero attached hydrogens (tertiary/aromatic N) is 2. The molecule has 0 atom stereocenters. The lowest BCUT2D eigenvalue weighted by Crippen LogP contribution is -2.36. The van der Waals surface area contributed by atoms with E-state index in [0.29, 0.717) is 13.1 Å². The van der Waals surface area contributed by atoms with Crippen molar-refractivity contribution in [2.45, 2.75) is 33.2 Å². The van der Waals surface area contributed by atoms with E-state index in [2.05, 4.69) is 32.9 Å². The molecule has 2 rings (SSSR count). The van der Waals surface area contributed by atoms with Crippen molar-refractivity contribution >= 4 is 28.7 Å². The number of urea groups is 1. The number of rotatable bonds is 6. The van der Waals surface area contributed by atoms with Gasteiger partial charge in [0.25, 0.3) is 0 Å². The molecule has 7 heteroatoms. The zero-order chi connectivity index (χ0) is 14.4. The van der Waals surface area contributed by atoms with Gasteiger partial charge in [0, 0.05) is 29.4 Å². The lowest BCUT2D eigenvalue weighted by atomic mass is 10.3. The summed E-state index contributed by atoms with van der Waals surface area (Å²) in [7, 11) is 0. The maximum atomic E-state index is 11.6. The van der Waals surface area contributed by atoms with E-state index in [1.807, 2.05) is 12.3 Å². The van der Waals surface area contributed by atoms with Crippen molar-refractivity contribution < 1.29 is 4.79 Å². The maximum Gasteiger partial charge on any atom is 0.315 e. The Bertz CT molecular complexity index is 564. The minimum absolute atomic E-state index is 0.163. The number of carbonyl (C=O) groups is 1. The Labute approximate surface area is 126 Å². The Balaban J connectivity index is 1.65. The highest BCUT2D eigenvalue weighted by Gasteiger charge is 2.04. The summed E-state index contributed by atoms with van der Waals surface area (Å²) < 4.78 is 0. The van der Waals surface area contributed by atoms with Crippen LogP contribution in [0.5, 0.6) is 0 Å². The third kappa shape index (κ3) is 4.57. The van der Waals surface area contributed by atoms with Crippen molar-refractivity contribution in [3.63, 3.8) is 0 Å². The molecule has 0 bridgehead atoms. The number of carbonyl (C=O) groups excluding carboxylic acids is 1. The van der Waals surface area contributed by atoms with Gasteiger partial charge in [0.15, 0.2) is 0 Å². The molecule has 20 heavy (non-hydrogen) atoms. The molecule has 0 aliphatic rings. The van der Waals surface area contributed by atoms with Crippen LogP contribution in [0.25, 0.3) is 0 Å². The van der Waals surface area contributed by atoms with E-state index in [1.54, 1.807) is 22.7 Å². The zero-order valence-corrected chi connectivity index (χ0v) is 13.2. The van der Waals surface area contributed by atoms with Gasteiger partial charge in [-0.3, -0.25) is 0 Å². The van der Waals surface area contributed by atoms with Crippen molar-refractivity contribution in [1.29, 1.82) is 0 Å². The Kier molecular flexibility index (Phi) is 5.49. The molecule has 0 unspecified atom stereocenters. The molecule has 0 aliphatic heterocycles. The predicted molar refractivity (Wildman–Crippen MR) is 82.3 cm³/mol. The first kappa shape index (κ1) is 14.9. The molecular formula is C13H18N4OS2. The Morgan fingerprint density at radius 3 is 2.65 bits per heavy atom. The fourth-order valence-electron chi connectivity index (χ4n) is 1.63. The van der Waals surface area contributed by atoms with Crippen LogP contribution in [-0.2, 0) is 19.4 Å². The summed E-state index contributed by atoms with van der Waals surface area (Å²) in [6.07, 6.45) is 1.73. The molecule has 0 fully saturated rings. The molecule has 0 saturated carbocycles. The van der Waals surface area contributed by atoms with Gasteiger partial charge in [-0.05, 0) is 13.3 Å². The fraction of sp³-hybridized carbons (Fsp3) is 0.462. The molecular weight excluding hydrogens is 292 g/mol. The molecule has 0 spiro atoms. The number of amides is 2. The minimum atomic E-state index is -0.163. The Morgan fingerprint density at radius 1 is 1.20 bits per heavy atom. The summed E-state index contributed by atoms with van der Waals surface area (Å²) in [6, 6.07) is -0.163. The van der Waals surface area contributed by atoms with Crippen molar-refractivity contribution in [2.75, 3.05) is 6.54 Å². The van der Waals surface area contributed by atoms with Gasteiger partial charge in [0.05, 0.1) is 17.2 Å². The van der Waals surface area contributed by atoms with E-state index in [-0.39, 0.29) is 6.03 Å². The van der Waals surface area contributed by atoms with Crippen LogP contribution in [0, 0.1) is 6.92 Å². The number of nitrogens with one attached hydrogen (secondary N) is 2. The molecule has 2 heterocycles. The Hall–Kier alpha value is -1.47. The summed E-state index contributed by atoms with van der Waals surface area (Å²) in [4.78, 5) is 20.4. The second-order valence-electron chi connectivity index (χ2n) is 4.33. The van der Waals surface area contributed by atoms with Gasteiger partial charge in [-0.2, -0.15) is 0 Å². The molecule has 0 aliphatic carbocycles. The van der Waals surface area contributed by atoms with E-state index in [0.717, 1.165) is 34.2 Å². The fourth-order valence-corrected chi connectivity index (χ4v) is 3.12. The highest BCUT2D eigenvalue weighted by molar-refractivity contribution is 7.09. The van der Waals surface area contributed by atoms with Gasteiger partial charge in [0.1, 0.15) is 5.01 Å². The summed E-state index contributed by atoms with van der Waals surface area (Å²) in [5, 5.41) is 11.7. The first-order valence-corrected chi connectivity index (χ1v) is 8.29. The molecule has 2 amide bonds. The van der Waals surface area contributed by atoms with E-state index in [4.69, 9.17) is 0 Å². The second kappa shape index (κ2) is 7.35. The molecule has 0 radical (unpaired) electrons. The van der Waals surface area contributed by atoms with E-state index < -0.39 is 0 Å². The summed E-state index contributed by atoms with van der Waals surface area (Å²) >= 11 is 3.23. The summed E-state index contributed by atoms with van der Waals surface area (Å²) in [5.41, 5.74) is 2.03. The third-order valence-corrected chi connectivity index (χ3v) is 4.64. The second-order valence-corrected chi connectivity index (χ2v) is 6.21. The smallest absolute Gasteiger partial charge is 0.315 e. The first-order valence-electron chi connectivity index (χ1n) is 6.53. The zero-order valence-electron chi connectivity index (χ0n) is 11.6. The summed E-state index contributed by atoms with van der Waals surface area (Å²) in [5.74, 6) is 0. The minimum Gasteiger partial charge on any atom is -0.338 e. The van der Waals surface area contributed by atoms with E-state index in [9.17, 15) is 4.79 Å².